The molecule has 2 heterocycles. The van der Waals surface area contributed by atoms with E-state index in [1.165, 1.54) is 7.11 Å². The number of benzene rings is 1. The van der Waals surface area contributed by atoms with Crippen molar-refractivity contribution >= 4 is 27.9 Å². The van der Waals surface area contributed by atoms with E-state index in [1.807, 2.05) is 12.1 Å². The fourth-order valence-corrected chi connectivity index (χ4v) is 2.19. The lowest BCUT2D eigenvalue weighted by molar-refractivity contribution is 0.0600. The van der Waals surface area contributed by atoms with Gasteiger partial charge in [0, 0.05) is 17.0 Å². The van der Waals surface area contributed by atoms with E-state index in [4.69, 9.17) is 9.47 Å². The number of aromatic nitrogens is 2. The molecular weight excluding hydrogens is 244 g/mol. The number of aromatic amines is 1. The molecule has 5 heteroatoms. The number of ether oxygens (including phenoxy) is 2. The van der Waals surface area contributed by atoms with Crippen LogP contribution >= 0.6 is 0 Å². The van der Waals surface area contributed by atoms with Crippen LogP contribution in [0.5, 0.6) is 5.75 Å². The standard InChI is InChI=1S/C14H12N2O3/c1-18-11-7-8(14(17)19-2)6-10-9-4-3-5-15-13(9)16-12(10)11/h3-7H,1-2H3,(H,15,16). The summed E-state index contributed by atoms with van der Waals surface area (Å²) in [6.07, 6.45) is 1.71. The fraction of sp³-hybridized carbons (Fsp3) is 0.143. The molecule has 1 aromatic carbocycles. The number of hydrogen-bond donors (Lipinski definition) is 1. The molecule has 0 bridgehead atoms. The van der Waals surface area contributed by atoms with Crippen molar-refractivity contribution in [1.82, 2.24) is 9.97 Å². The van der Waals surface area contributed by atoms with E-state index in [0.29, 0.717) is 11.3 Å². The van der Waals surface area contributed by atoms with Gasteiger partial charge in [0.05, 0.1) is 25.3 Å². The van der Waals surface area contributed by atoms with Gasteiger partial charge in [0.1, 0.15) is 11.4 Å². The number of hydrogen-bond acceptors (Lipinski definition) is 4. The Bertz CT molecular complexity index is 777. The summed E-state index contributed by atoms with van der Waals surface area (Å²) in [7, 11) is 2.92. The number of carbonyl (C=O) groups excluding carboxylic acids is 1. The molecule has 0 aliphatic rings. The first-order valence-corrected chi connectivity index (χ1v) is 5.77. The second-order valence-electron chi connectivity index (χ2n) is 4.12. The number of fused-ring (bicyclic) bond motifs is 3. The Hall–Kier alpha value is -2.56. The molecule has 96 valence electrons. The van der Waals surface area contributed by atoms with Gasteiger partial charge >= 0.3 is 5.97 Å². The second kappa shape index (κ2) is 4.28. The number of nitrogens with one attached hydrogen (secondary N) is 1. The smallest absolute Gasteiger partial charge is 0.338 e. The molecule has 0 radical (unpaired) electrons. The van der Waals surface area contributed by atoms with E-state index < -0.39 is 5.97 Å². The van der Waals surface area contributed by atoms with Gasteiger partial charge < -0.3 is 14.5 Å². The highest BCUT2D eigenvalue weighted by Gasteiger charge is 2.15. The fourth-order valence-electron chi connectivity index (χ4n) is 2.19. The van der Waals surface area contributed by atoms with Crippen molar-refractivity contribution in [3.05, 3.63) is 36.0 Å². The first-order chi connectivity index (χ1) is 9.24. The minimum absolute atomic E-state index is 0.390. The average Bonchev–Trinajstić information content (AvgIpc) is 2.84. The molecule has 0 unspecified atom stereocenters. The summed E-state index contributed by atoms with van der Waals surface area (Å²) in [5.41, 5.74) is 2.04. The summed E-state index contributed by atoms with van der Waals surface area (Å²) in [5.74, 6) is 0.203. The largest absolute Gasteiger partial charge is 0.495 e. The Balaban J connectivity index is 2.40. The first-order valence-electron chi connectivity index (χ1n) is 5.77. The summed E-state index contributed by atoms with van der Waals surface area (Å²) < 4.78 is 10.1. The highest BCUT2D eigenvalue weighted by Crippen LogP contribution is 2.32. The van der Waals surface area contributed by atoms with Gasteiger partial charge in [-0.25, -0.2) is 9.78 Å². The summed E-state index contributed by atoms with van der Waals surface area (Å²) in [5, 5.41) is 1.84. The Morgan fingerprint density at radius 1 is 1.26 bits per heavy atom. The molecule has 0 saturated carbocycles. The molecule has 3 aromatic rings. The van der Waals surface area contributed by atoms with Crippen LogP contribution in [-0.4, -0.2) is 30.2 Å². The summed E-state index contributed by atoms with van der Waals surface area (Å²) in [4.78, 5) is 19.1. The molecule has 2 aromatic heterocycles. The van der Waals surface area contributed by atoms with Crippen molar-refractivity contribution in [1.29, 1.82) is 0 Å². The number of rotatable bonds is 2. The van der Waals surface area contributed by atoms with Gasteiger partial charge in [-0.1, -0.05) is 0 Å². The highest BCUT2D eigenvalue weighted by atomic mass is 16.5. The third-order valence-electron chi connectivity index (χ3n) is 3.08. The Morgan fingerprint density at radius 2 is 2.11 bits per heavy atom. The molecule has 0 spiro atoms. The van der Waals surface area contributed by atoms with Crippen LogP contribution in [-0.2, 0) is 4.74 Å². The van der Waals surface area contributed by atoms with Crippen molar-refractivity contribution in [3.8, 4) is 5.75 Å². The SMILES string of the molecule is COC(=O)c1cc(OC)c2[nH]c3ncccc3c2c1. The lowest BCUT2D eigenvalue weighted by Crippen LogP contribution is -2.01. The Labute approximate surface area is 109 Å². The molecule has 0 fully saturated rings. The minimum atomic E-state index is -0.390. The van der Waals surface area contributed by atoms with Crippen molar-refractivity contribution in [2.45, 2.75) is 0 Å². The minimum Gasteiger partial charge on any atom is -0.495 e. The monoisotopic (exact) mass is 256 g/mol. The second-order valence-corrected chi connectivity index (χ2v) is 4.12. The van der Waals surface area contributed by atoms with Gasteiger partial charge in [-0.2, -0.15) is 0 Å². The van der Waals surface area contributed by atoms with Crippen LogP contribution in [0.1, 0.15) is 10.4 Å². The summed E-state index contributed by atoms with van der Waals surface area (Å²) >= 11 is 0. The topological polar surface area (TPSA) is 64.2 Å². The van der Waals surface area contributed by atoms with Gasteiger partial charge in [-0.15, -0.1) is 0 Å². The van der Waals surface area contributed by atoms with Gasteiger partial charge in [-0.05, 0) is 24.3 Å². The zero-order chi connectivity index (χ0) is 13.4. The summed E-state index contributed by atoms with van der Waals surface area (Å²) in [6.45, 7) is 0. The van der Waals surface area contributed by atoms with Crippen LogP contribution in [0.15, 0.2) is 30.5 Å². The van der Waals surface area contributed by atoms with E-state index >= 15 is 0 Å². The quantitative estimate of drug-likeness (QED) is 0.715. The molecule has 0 aliphatic heterocycles. The molecule has 1 N–H and O–H groups in total. The van der Waals surface area contributed by atoms with Gasteiger partial charge in [0.15, 0.2) is 0 Å². The number of pyridine rings is 1. The Kier molecular flexibility index (Phi) is 2.59. The van der Waals surface area contributed by atoms with Crippen LogP contribution < -0.4 is 4.74 Å². The van der Waals surface area contributed by atoms with Crippen LogP contribution in [0.3, 0.4) is 0 Å². The molecular formula is C14H12N2O3. The van der Waals surface area contributed by atoms with Crippen molar-refractivity contribution in [3.63, 3.8) is 0 Å². The van der Waals surface area contributed by atoms with Crippen molar-refractivity contribution in [2.24, 2.45) is 0 Å². The molecule has 0 amide bonds. The zero-order valence-corrected chi connectivity index (χ0v) is 10.6. The molecule has 19 heavy (non-hydrogen) atoms. The highest BCUT2D eigenvalue weighted by molar-refractivity contribution is 6.10. The van der Waals surface area contributed by atoms with Gasteiger partial charge in [0.2, 0.25) is 0 Å². The molecule has 5 nitrogen and oxygen atoms in total. The molecule has 0 saturated heterocycles. The maximum Gasteiger partial charge on any atom is 0.338 e. The number of methoxy groups -OCH3 is 2. The summed E-state index contributed by atoms with van der Waals surface area (Å²) in [6, 6.07) is 7.24. The molecule has 3 rings (SSSR count). The van der Waals surface area contributed by atoms with Crippen LogP contribution in [0, 0.1) is 0 Å². The normalized spacial score (nSPS) is 10.8. The average molecular weight is 256 g/mol. The predicted octanol–water partition coefficient (Wildman–Crippen LogP) is 2.51. The van der Waals surface area contributed by atoms with Crippen molar-refractivity contribution in [2.75, 3.05) is 14.2 Å². The van der Waals surface area contributed by atoms with E-state index in [0.717, 1.165) is 21.9 Å². The van der Waals surface area contributed by atoms with Crippen LogP contribution in [0.4, 0.5) is 0 Å². The van der Waals surface area contributed by atoms with Crippen LogP contribution in [0.25, 0.3) is 21.9 Å². The third-order valence-corrected chi connectivity index (χ3v) is 3.08. The van der Waals surface area contributed by atoms with Gasteiger partial charge in [0.25, 0.3) is 0 Å². The Morgan fingerprint density at radius 3 is 2.84 bits per heavy atom. The first kappa shape index (κ1) is 11.5. The maximum atomic E-state index is 11.7. The molecule has 0 aliphatic carbocycles. The maximum absolute atomic E-state index is 11.7. The van der Waals surface area contributed by atoms with E-state index in [2.05, 4.69) is 9.97 Å². The zero-order valence-electron chi connectivity index (χ0n) is 10.6. The van der Waals surface area contributed by atoms with E-state index in [9.17, 15) is 4.79 Å². The predicted molar refractivity (Wildman–Crippen MR) is 71.5 cm³/mol. The lowest BCUT2D eigenvalue weighted by atomic mass is 10.1. The van der Waals surface area contributed by atoms with Crippen molar-refractivity contribution < 1.29 is 14.3 Å². The lowest BCUT2D eigenvalue weighted by Gasteiger charge is -2.05. The number of nitrogens with zero attached hydrogens (tertiary/aromatic N) is 1. The third kappa shape index (κ3) is 1.71. The molecule has 0 atom stereocenters. The number of carbonyl (C=O) groups is 1. The van der Waals surface area contributed by atoms with Gasteiger partial charge in [-0.3, -0.25) is 0 Å². The number of esters is 1. The van der Waals surface area contributed by atoms with E-state index in [1.54, 1.807) is 25.4 Å². The number of H-pyrrole nitrogens is 1. The van der Waals surface area contributed by atoms with E-state index in [-0.39, 0.29) is 0 Å². The van der Waals surface area contributed by atoms with Crippen LogP contribution in [0.2, 0.25) is 0 Å².